The van der Waals surface area contributed by atoms with Crippen LogP contribution >= 0.6 is 0 Å². The highest BCUT2D eigenvalue weighted by atomic mass is 16.5. The zero-order chi connectivity index (χ0) is 24.7. The first-order chi connectivity index (χ1) is 17.6. The van der Waals surface area contributed by atoms with Gasteiger partial charge in [-0.1, -0.05) is 30.3 Å². The molecule has 3 aromatic carbocycles. The van der Waals surface area contributed by atoms with Crippen LogP contribution in [-0.2, 0) is 16.1 Å². The lowest BCUT2D eigenvalue weighted by Crippen LogP contribution is -2.45. The molecule has 1 N–H and O–H groups in total. The number of hydrogen-bond acceptors (Lipinski definition) is 7. The van der Waals surface area contributed by atoms with Gasteiger partial charge in [-0.15, -0.1) is 0 Å². The third-order valence-electron chi connectivity index (χ3n) is 6.18. The number of esters is 1. The molecule has 8 nitrogen and oxygen atoms in total. The van der Waals surface area contributed by atoms with Crippen LogP contribution in [-0.4, -0.2) is 59.5 Å². The van der Waals surface area contributed by atoms with Crippen LogP contribution < -0.4 is 10.2 Å². The minimum absolute atomic E-state index is 0.323. The van der Waals surface area contributed by atoms with E-state index in [2.05, 4.69) is 49.4 Å². The van der Waals surface area contributed by atoms with Gasteiger partial charge in [0.05, 0.1) is 16.6 Å². The number of rotatable bonds is 7. The summed E-state index contributed by atoms with van der Waals surface area (Å²) in [7, 11) is 0. The van der Waals surface area contributed by atoms with Crippen molar-refractivity contribution in [2.45, 2.75) is 6.54 Å². The molecule has 1 amide bonds. The first-order valence-electron chi connectivity index (χ1n) is 11.9. The predicted molar refractivity (Wildman–Crippen MR) is 139 cm³/mol. The number of carbonyl (C=O) groups excluding carboxylic acids is 2. The molecule has 182 valence electrons. The first-order valence-corrected chi connectivity index (χ1v) is 11.9. The molecule has 0 spiro atoms. The molecule has 36 heavy (non-hydrogen) atoms. The highest BCUT2D eigenvalue weighted by Crippen LogP contribution is 2.20. The van der Waals surface area contributed by atoms with E-state index in [1.807, 2.05) is 30.3 Å². The van der Waals surface area contributed by atoms with E-state index in [1.54, 1.807) is 30.6 Å². The highest BCUT2D eigenvalue weighted by Gasteiger charge is 2.17. The monoisotopic (exact) mass is 481 g/mol. The quantitative estimate of drug-likeness (QED) is 0.402. The predicted octanol–water partition coefficient (Wildman–Crippen LogP) is 3.75. The summed E-state index contributed by atoms with van der Waals surface area (Å²) < 4.78 is 5.17. The Hall–Kier alpha value is -4.30. The van der Waals surface area contributed by atoms with E-state index in [0.29, 0.717) is 22.3 Å². The molecule has 1 aromatic heterocycles. The summed E-state index contributed by atoms with van der Waals surface area (Å²) in [5.41, 5.74) is 4.72. The Morgan fingerprint density at radius 3 is 2.31 bits per heavy atom. The Kier molecular flexibility index (Phi) is 7.14. The number of anilines is 2. The fraction of sp³-hybridized carbons (Fsp3) is 0.214. The molecule has 5 rings (SSSR count). The fourth-order valence-electron chi connectivity index (χ4n) is 4.26. The molecule has 0 saturated carbocycles. The van der Waals surface area contributed by atoms with Gasteiger partial charge in [-0.3, -0.25) is 19.7 Å². The maximum Gasteiger partial charge on any atom is 0.338 e. The average molecular weight is 482 g/mol. The van der Waals surface area contributed by atoms with Gasteiger partial charge in [-0.25, -0.2) is 4.79 Å². The molecular formula is C28H27N5O3. The molecule has 0 bridgehead atoms. The summed E-state index contributed by atoms with van der Waals surface area (Å²) >= 11 is 0. The molecule has 1 saturated heterocycles. The van der Waals surface area contributed by atoms with Gasteiger partial charge in [0.1, 0.15) is 0 Å². The van der Waals surface area contributed by atoms with E-state index < -0.39 is 11.9 Å². The van der Waals surface area contributed by atoms with Gasteiger partial charge < -0.3 is 15.0 Å². The van der Waals surface area contributed by atoms with Gasteiger partial charge >= 0.3 is 5.97 Å². The van der Waals surface area contributed by atoms with Gasteiger partial charge in [0, 0.05) is 56.5 Å². The van der Waals surface area contributed by atoms with Crippen LogP contribution in [0.25, 0.3) is 11.0 Å². The Balaban J connectivity index is 1.08. The van der Waals surface area contributed by atoms with Gasteiger partial charge in [0.25, 0.3) is 5.91 Å². The van der Waals surface area contributed by atoms with Crippen LogP contribution in [0.4, 0.5) is 11.4 Å². The summed E-state index contributed by atoms with van der Waals surface area (Å²) in [6.45, 7) is 4.51. The molecule has 1 aliphatic rings. The van der Waals surface area contributed by atoms with Crippen molar-refractivity contribution in [2.24, 2.45) is 0 Å². The first kappa shape index (κ1) is 23.4. The van der Waals surface area contributed by atoms with Crippen LogP contribution in [0.2, 0.25) is 0 Å². The number of piperazine rings is 1. The SMILES string of the molecule is O=C(COC(=O)c1ccc2nccnc2c1)Nc1ccc(N2CCN(Cc3ccccc3)CC2)cc1. The number of nitrogens with one attached hydrogen (secondary N) is 1. The summed E-state index contributed by atoms with van der Waals surface area (Å²) in [5.74, 6) is -0.981. The van der Waals surface area contributed by atoms with Crippen LogP contribution in [0, 0.1) is 0 Å². The van der Waals surface area contributed by atoms with Crippen molar-refractivity contribution in [1.29, 1.82) is 0 Å². The lowest BCUT2D eigenvalue weighted by Gasteiger charge is -2.36. The Labute approximate surface area is 209 Å². The lowest BCUT2D eigenvalue weighted by molar-refractivity contribution is -0.119. The Morgan fingerprint density at radius 1 is 0.833 bits per heavy atom. The smallest absolute Gasteiger partial charge is 0.338 e. The summed E-state index contributed by atoms with van der Waals surface area (Å²) in [4.78, 5) is 37.8. The highest BCUT2D eigenvalue weighted by molar-refractivity contribution is 5.97. The molecule has 0 unspecified atom stereocenters. The second kappa shape index (κ2) is 11.0. The summed E-state index contributed by atoms with van der Waals surface area (Å²) in [5, 5.41) is 2.78. The number of benzene rings is 3. The molecule has 8 heteroatoms. The summed E-state index contributed by atoms with van der Waals surface area (Å²) in [6.07, 6.45) is 3.15. The topological polar surface area (TPSA) is 87.7 Å². The number of ether oxygens (including phenoxy) is 1. The van der Waals surface area contributed by atoms with Crippen molar-refractivity contribution >= 4 is 34.3 Å². The van der Waals surface area contributed by atoms with E-state index in [1.165, 1.54) is 5.56 Å². The van der Waals surface area contributed by atoms with E-state index in [9.17, 15) is 9.59 Å². The molecule has 4 aromatic rings. The van der Waals surface area contributed by atoms with E-state index in [-0.39, 0.29) is 6.61 Å². The van der Waals surface area contributed by atoms with Crippen LogP contribution in [0.3, 0.4) is 0 Å². The molecule has 0 radical (unpaired) electrons. The molecular weight excluding hydrogens is 454 g/mol. The second-order valence-corrected chi connectivity index (χ2v) is 8.68. The second-order valence-electron chi connectivity index (χ2n) is 8.68. The molecule has 2 heterocycles. The number of aromatic nitrogens is 2. The molecule has 1 aliphatic heterocycles. The largest absolute Gasteiger partial charge is 0.452 e. The van der Waals surface area contributed by atoms with Crippen LogP contribution in [0.5, 0.6) is 0 Å². The van der Waals surface area contributed by atoms with Crippen molar-refractivity contribution in [1.82, 2.24) is 14.9 Å². The van der Waals surface area contributed by atoms with Crippen LogP contribution in [0.1, 0.15) is 15.9 Å². The van der Waals surface area contributed by atoms with Gasteiger partial charge in [-0.05, 0) is 48.0 Å². The van der Waals surface area contributed by atoms with Crippen LogP contribution in [0.15, 0.2) is 85.2 Å². The van der Waals surface area contributed by atoms with Crippen molar-refractivity contribution in [3.05, 3.63) is 96.3 Å². The van der Waals surface area contributed by atoms with E-state index >= 15 is 0 Å². The number of nitrogens with zero attached hydrogens (tertiary/aromatic N) is 4. The van der Waals surface area contributed by atoms with Gasteiger partial charge in [0.15, 0.2) is 6.61 Å². The normalized spacial score (nSPS) is 13.9. The van der Waals surface area contributed by atoms with Crippen molar-refractivity contribution in [3.63, 3.8) is 0 Å². The standard InChI is InChI=1S/C28H27N5O3/c34-27(20-36-28(35)22-6-11-25-26(18-22)30-13-12-29-25)31-23-7-9-24(10-8-23)33-16-14-32(15-17-33)19-21-4-2-1-3-5-21/h1-13,18H,14-17,19-20H2,(H,31,34). The Bertz CT molecular complexity index is 1340. The minimum atomic E-state index is -0.584. The number of amides is 1. The lowest BCUT2D eigenvalue weighted by atomic mass is 10.2. The fourth-order valence-corrected chi connectivity index (χ4v) is 4.26. The van der Waals surface area contributed by atoms with Crippen molar-refractivity contribution in [2.75, 3.05) is 43.0 Å². The molecule has 0 aliphatic carbocycles. The maximum atomic E-state index is 12.3. The van der Waals surface area contributed by atoms with Crippen molar-refractivity contribution < 1.29 is 14.3 Å². The number of carbonyl (C=O) groups is 2. The van der Waals surface area contributed by atoms with Crippen molar-refractivity contribution in [3.8, 4) is 0 Å². The van der Waals surface area contributed by atoms with Gasteiger partial charge in [-0.2, -0.15) is 0 Å². The van der Waals surface area contributed by atoms with E-state index in [0.717, 1.165) is 38.4 Å². The number of fused-ring (bicyclic) bond motifs is 1. The number of hydrogen-bond donors (Lipinski definition) is 1. The summed E-state index contributed by atoms with van der Waals surface area (Å²) in [6, 6.07) is 23.2. The van der Waals surface area contributed by atoms with E-state index in [4.69, 9.17) is 4.74 Å². The zero-order valence-corrected chi connectivity index (χ0v) is 19.8. The van der Waals surface area contributed by atoms with Gasteiger partial charge in [0.2, 0.25) is 0 Å². The minimum Gasteiger partial charge on any atom is -0.452 e. The third-order valence-corrected chi connectivity index (χ3v) is 6.18. The zero-order valence-electron chi connectivity index (χ0n) is 19.8. The molecule has 1 fully saturated rings. The maximum absolute atomic E-state index is 12.3. The third kappa shape index (κ3) is 5.84. The average Bonchev–Trinajstić information content (AvgIpc) is 2.93. The Morgan fingerprint density at radius 2 is 1.56 bits per heavy atom. The molecule has 0 atom stereocenters.